The number of aromatic amines is 1. The van der Waals surface area contributed by atoms with Crippen molar-refractivity contribution in [2.24, 2.45) is 11.8 Å². The van der Waals surface area contributed by atoms with E-state index in [0.29, 0.717) is 6.04 Å². The topological polar surface area (TPSA) is 79.0 Å². The highest BCUT2D eigenvalue weighted by Gasteiger charge is 2.34. The van der Waals surface area contributed by atoms with Gasteiger partial charge in [-0.3, -0.25) is 0 Å². The number of H-pyrrole nitrogens is 1. The summed E-state index contributed by atoms with van der Waals surface area (Å²) in [5.74, 6) is 1.79. The number of sulfone groups is 1. The summed E-state index contributed by atoms with van der Waals surface area (Å²) in [6.45, 7) is 0. The molecule has 2 saturated carbocycles. The van der Waals surface area contributed by atoms with Crippen molar-refractivity contribution in [2.75, 3.05) is 23.5 Å². The van der Waals surface area contributed by atoms with Crippen LogP contribution in [0.2, 0.25) is 0 Å². The number of rotatable bonds is 7. The van der Waals surface area contributed by atoms with Crippen LogP contribution >= 0.6 is 0 Å². The van der Waals surface area contributed by atoms with Crippen molar-refractivity contribution in [3.05, 3.63) is 54.2 Å². The third-order valence-electron chi connectivity index (χ3n) is 7.95. The van der Waals surface area contributed by atoms with Crippen LogP contribution < -0.4 is 4.90 Å². The van der Waals surface area contributed by atoms with Gasteiger partial charge in [0, 0.05) is 19.3 Å². The Hall–Kier alpha value is -2.48. The maximum absolute atomic E-state index is 13.3. The molecule has 5 rings (SSSR count). The third kappa shape index (κ3) is 4.97. The molecule has 8 heteroatoms. The minimum atomic E-state index is -3.14. The van der Waals surface area contributed by atoms with Crippen molar-refractivity contribution < 1.29 is 12.8 Å². The molecular formula is C26H33FN4O2S. The first-order valence-corrected chi connectivity index (χ1v) is 14.2. The maximum atomic E-state index is 13.3. The van der Waals surface area contributed by atoms with E-state index in [9.17, 15) is 12.8 Å². The second-order valence-electron chi connectivity index (χ2n) is 10.1. The molecule has 2 atom stereocenters. The molecule has 3 aromatic rings. The van der Waals surface area contributed by atoms with E-state index in [2.05, 4.69) is 26.9 Å². The quantitative estimate of drug-likeness (QED) is 0.505. The molecular weight excluding hydrogens is 451 g/mol. The van der Waals surface area contributed by atoms with E-state index < -0.39 is 9.84 Å². The van der Waals surface area contributed by atoms with E-state index in [4.69, 9.17) is 0 Å². The van der Waals surface area contributed by atoms with Crippen molar-refractivity contribution in [1.82, 2.24) is 15.0 Å². The number of fused-ring (bicyclic) bond motifs is 1. The van der Waals surface area contributed by atoms with E-state index >= 15 is 0 Å². The van der Waals surface area contributed by atoms with Gasteiger partial charge in [0.25, 0.3) is 0 Å². The van der Waals surface area contributed by atoms with Crippen LogP contribution in [0.25, 0.3) is 11.0 Å². The molecule has 0 saturated heterocycles. The SMILES string of the molecule is CN(c1ncnc2[nH]ccc12)C1CCC(CS(=O)(=O)C[C@@H]2CCC[C@@H]2c2ccc(F)cc2)CC1. The zero-order valence-corrected chi connectivity index (χ0v) is 20.5. The average molecular weight is 485 g/mol. The van der Waals surface area contributed by atoms with Crippen LogP contribution in [0.5, 0.6) is 0 Å². The molecule has 0 aliphatic heterocycles. The minimum absolute atomic E-state index is 0.138. The minimum Gasteiger partial charge on any atom is -0.356 e. The van der Waals surface area contributed by atoms with Crippen molar-refractivity contribution >= 4 is 26.7 Å². The highest BCUT2D eigenvalue weighted by atomic mass is 32.2. The monoisotopic (exact) mass is 484 g/mol. The number of nitrogens with zero attached hydrogens (tertiary/aromatic N) is 3. The molecule has 1 aromatic carbocycles. The van der Waals surface area contributed by atoms with E-state index in [1.165, 1.54) is 12.1 Å². The van der Waals surface area contributed by atoms with Gasteiger partial charge in [-0.25, -0.2) is 22.8 Å². The Kier molecular flexibility index (Phi) is 6.60. The summed E-state index contributed by atoms with van der Waals surface area (Å²) in [5.41, 5.74) is 1.91. The van der Waals surface area contributed by atoms with Crippen molar-refractivity contribution in [2.45, 2.75) is 56.9 Å². The maximum Gasteiger partial charge on any atom is 0.150 e. The van der Waals surface area contributed by atoms with Gasteiger partial charge in [-0.05, 0) is 80.0 Å². The van der Waals surface area contributed by atoms with E-state index in [1.54, 1.807) is 6.33 Å². The molecule has 6 nitrogen and oxygen atoms in total. The Balaban J connectivity index is 1.17. The molecule has 2 aliphatic rings. The summed E-state index contributed by atoms with van der Waals surface area (Å²) in [7, 11) is -1.06. The lowest BCUT2D eigenvalue weighted by Crippen LogP contribution is -2.37. The van der Waals surface area contributed by atoms with Crippen LogP contribution in [0.1, 0.15) is 56.4 Å². The summed E-state index contributed by atoms with van der Waals surface area (Å²) in [4.78, 5) is 14.1. The summed E-state index contributed by atoms with van der Waals surface area (Å²) in [6.07, 6.45) is 10.2. The Morgan fingerprint density at radius 3 is 2.53 bits per heavy atom. The van der Waals surface area contributed by atoms with E-state index in [0.717, 1.165) is 67.4 Å². The number of anilines is 1. The Morgan fingerprint density at radius 2 is 1.76 bits per heavy atom. The second-order valence-corrected chi connectivity index (χ2v) is 12.3. The largest absolute Gasteiger partial charge is 0.356 e. The Morgan fingerprint density at radius 1 is 1.00 bits per heavy atom. The van der Waals surface area contributed by atoms with Crippen LogP contribution in [0.4, 0.5) is 10.2 Å². The smallest absolute Gasteiger partial charge is 0.150 e. The molecule has 2 fully saturated rings. The number of benzene rings is 1. The summed E-state index contributed by atoms with van der Waals surface area (Å²) in [6, 6.07) is 8.96. The zero-order valence-electron chi connectivity index (χ0n) is 19.7. The molecule has 0 bridgehead atoms. The fourth-order valence-corrected chi connectivity index (χ4v) is 8.39. The predicted molar refractivity (Wildman–Crippen MR) is 133 cm³/mol. The average Bonchev–Trinajstić information content (AvgIpc) is 3.48. The van der Waals surface area contributed by atoms with E-state index in [1.807, 2.05) is 24.4 Å². The molecule has 0 radical (unpaired) electrons. The lowest BCUT2D eigenvalue weighted by Gasteiger charge is -2.35. The van der Waals surface area contributed by atoms with Crippen LogP contribution in [-0.2, 0) is 9.84 Å². The zero-order chi connectivity index (χ0) is 23.7. The van der Waals surface area contributed by atoms with Gasteiger partial charge in [0.15, 0.2) is 9.84 Å². The number of hydrogen-bond donors (Lipinski definition) is 1. The summed E-state index contributed by atoms with van der Waals surface area (Å²) >= 11 is 0. The van der Waals surface area contributed by atoms with Crippen molar-refractivity contribution in [3.63, 3.8) is 0 Å². The van der Waals surface area contributed by atoms with Crippen molar-refractivity contribution in [3.8, 4) is 0 Å². The molecule has 2 aromatic heterocycles. The number of halogens is 1. The molecule has 2 heterocycles. The molecule has 0 unspecified atom stereocenters. The fraction of sp³-hybridized carbons (Fsp3) is 0.538. The summed E-state index contributed by atoms with van der Waals surface area (Å²) < 4.78 is 39.6. The normalized spacial score (nSPS) is 25.6. The first-order valence-electron chi connectivity index (χ1n) is 12.4. The molecule has 0 spiro atoms. The van der Waals surface area contributed by atoms with Gasteiger partial charge in [-0.2, -0.15) is 0 Å². The first kappa shape index (κ1) is 23.3. The van der Waals surface area contributed by atoms with Crippen LogP contribution in [0.3, 0.4) is 0 Å². The van der Waals surface area contributed by atoms with Gasteiger partial charge in [-0.15, -0.1) is 0 Å². The van der Waals surface area contributed by atoms with Crippen molar-refractivity contribution in [1.29, 1.82) is 0 Å². The first-order chi connectivity index (χ1) is 16.4. The van der Waals surface area contributed by atoms with Gasteiger partial charge in [0.05, 0.1) is 16.9 Å². The second kappa shape index (κ2) is 9.64. The number of hydrogen-bond acceptors (Lipinski definition) is 5. The van der Waals surface area contributed by atoms with Gasteiger partial charge in [0.1, 0.15) is 23.6 Å². The van der Waals surface area contributed by atoms with Crippen LogP contribution in [-0.4, -0.2) is 48.0 Å². The molecule has 182 valence electrons. The van der Waals surface area contributed by atoms with Gasteiger partial charge in [-0.1, -0.05) is 18.6 Å². The number of nitrogens with one attached hydrogen (secondary N) is 1. The van der Waals surface area contributed by atoms with E-state index in [-0.39, 0.29) is 35.1 Å². The predicted octanol–water partition coefficient (Wildman–Crippen LogP) is 5.09. The third-order valence-corrected chi connectivity index (χ3v) is 9.86. The highest BCUT2D eigenvalue weighted by Crippen LogP contribution is 2.41. The lowest BCUT2D eigenvalue weighted by atomic mass is 9.86. The van der Waals surface area contributed by atoms with Gasteiger partial charge < -0.3 is 9.88 Å². The standard InChI is InChI=1S/C26H33FN4O2S/c1-31(26-24-13-14-28-25(24)29-17-30-26)22-11-5-18(6-12-22)15-34(32,33)16-20-3-2-4-23(20)19-7-9-21(27)10-8-19/h7-10,13-14,17-18,20,22-23H,2-6,11-12,15-16H2,1H3,(H,28,29,30)/t18?,20-,22?,23+/m0/s1. The van der Waals surface area contributed by atoms with Gasteiger partial charge in [0.2, 0.25) is 0 Å². The molecule has 2 aliphatic carbocycles. The van der Waals surface area contributed by atoms with Crippen LogP contribution in [0, 0.1) is 17.7 Å². The Bertz CT molecular complexity index is 1220. The molecule has 34 heavy (non-hydrogen) atoms. The fourth-order valence-electron chi connectivity index (χ4n) is 6.15. The Labute approximate surface area is 200 Å². The summed E-state index contributed by atoms with van der Waals surface area (Å²) in [5, 5.41) is 1.02. The molecule has 1 N–H and O–H groups in total. The van der Waals surface area contributed by atoms with Crippen LogP contribution in [0.15, 0.2) is 42.9 Å². The highest BCUT2D eigenvalue weighted by molar-refractivity contribution is 7.91. The number of aromatic nitrogens is 3. The molecule has 0 amide bonds. The lowest BCUT2D eigenvalue weighted by molar-refractivity contribution is 0.340. The van der Waals surface area contributed by atoms with Gasteiger partial charge >= 0.3 is 0 Å².